The van der Waals surface area contributed by atoms with Gasteiger partial charge in [0, 0.05) is 0 Å². The summed E-state index contributed by atoms with van der Waals surface area (Å²) in [6.07, 6.45) is 0. The number of halogens is 3. The smallest absolute Gasteiger partial charge is 0.338 e. The van der Waals surface area contributed by atoms with Gasteiger partial charge in [0.25, 0.3) is 0 Å². The van der Waals surface area contributed by atoms with Crippen molar-refractivity contribution >= 4 is 17.6 Å². The summed E-state index contributed by atoms with van der Waals surface area (Å²) in [6.45, 7) is 0.729. The van der Waals surface area contributed by atoms with Crippen molar-refractivity contribution in [2.75, 3.05) is 13.2 Å². The fourth-order valence-electron chi connectivity index (χ4n) is 2.10. The van der Waals surface area contributed by atoms with Crippen LogP contribution >= 0.6 is 11.6 Å². The zero-order chi connectivity index (χ0) is 16.4. The second-order valence-electron chi connectivity index (χ2n) is 4.81. The first-order valence-corrected chi connectivity index (χ1v) is 7.12. The average Bonchev–Trinajstić information content (AvgIpc) is 2.55. The van der Waals surface area contributed by atoms with Gasteiger partial charge in [-0.25, -0.2) is 13.6 Å². The van der Waals surface area contributed by atoms with Gasteiger partial charge in [-0.1, -0.05) is 11.6 Å². The van der Waals surface area contributed by atoms with Crippen LogP contribution in [0.4, 0.5) is 8.78 Å². The van der Waals surface area contributed by atoms with Crippen molar-refractivity contribution in [2.24, 2.45) is 0 Å². The minimum Gasteiger partial charge on any atom is -0.486 e. The lowest BCUT2D eigenvalue weighted by Crippen LogP contribution is -2.16. The van der Waals surface area contributed by atoms with E-state index in [9.17, 15) is 13.6 Å². The van der Waals surface area contributed by atoms with E-state index in [1.54, 1.807) is 12.1 Å². The average molecular weight is 341 g/mol. The third kappa shape index (κ3) is 3.37. The first kappa shape index (κ1) is 15.6. The molecule has 0 fully saturated rings. The number of hydrogen-bond acceptors (Lipinski definition) is 4. The van der Waals surface area contributed by atoms with E-state index in [0.29, 0.717) is 35.3 Å². The van der Waals surface area contributed by atoms with Crippen LogP contribution < -0.4 is 9.47 Å². The summed E-state index contributed by atoms with van der Waals surface area (Å²) in [5.41, 5.74) is 0.516. The van der Waals surface area contributed by atoms with Gasteiger partial charge in [0.05, 0.1) is 10.6 Å². The monoisotopic (exact) mass is 340 g/mol. The molecule has 0 unspecified atom stereocenters. The number of esters is 1. The molecule has 2 aromatic carbocycles. The Hall–Kier alpha value is -2.34. The maximum atomic E-state index is 13.1. The van der Waals surface area contributed by atoms with Gasteiger partial charge in [-0.3, -0.25) is 0 Å². The molecule has 0 bridgehead atoms. The van der Waals surface area contributed by atoms with E-state index in [4.69, 9.17) is 25.8 Å². The van der Waals surface area contributed by atoms with E-state index in [0.717, 1.165) is 18.2 Å². The summed E-state index contributed by atoms with van der Waals surface area (Å²) < 4.78 is 41.8. The molecule has 1 aliphatic rings. The molecule has 0 aliphatic carbocycles. The number of ether oxygens (including phenoxy) is 3. The molecule has 0 saturated carbocycles. The molecular formula is C16H11ClF2O4. The van der Waals surface area contributed by atoms with Crippen LogP contribution in [0, 0.1) is 11.6 Å². The van der Waals surface area contributed by atoms with Crippen molar-refractivity contribution in [1.82, 2.24) is 0 Å². The second kappa shape index (κ2) is 6.42. The molecule has 2 aromatic rings. The van der Waals surface area contributed by atoms with Crippen molar-refractivity contribution in [3.63, 3.8) is 0 Å². The highest BCUT2D eigenvalue weighted by Gasteiger charge is 2.17. The lowest BCUT2D eigenvalue weighted by molar-refractivity contribution is 0.0471. The van der Waals surface area contributed by atoms with Gasteiger partial charge in [0.15, 0.2) is 23.1 Å². The summed E-state index contributed by atoms with van der Waals surface area (Å²) in [7, 11) is 0. The molecule has 0 aromatic heterocycles. The summed E-state index contributed by atoms with van der Waals surface area (Å²) >= 11 is 6.08. The molecule has 0 radical (unpaired) electrons. The van der Waals surface area contributed by atoms with Crippen molar-refractivity contribution < 1.29 is 27.8 Å². The van der Waals surface area contributed by atoms with Crippen LogP contribution in [0.25, 0.3) is 0 Å². The van der Waals surface area contributed by atoms with Crippen LogP contribution in [0.15, 0.2) is 30.3 Å². The number of rotatable bonds is 3. The van der Waals surface area contributed by atoms with Gasteiger partial charge in [-0.2, -0.15) is 0 Å². The largest absolute Gasteiger partial charge is 0.486 e. The number of carbonyl (C=O) groups excluding carboxylic acids is 1. The van der Waals surface area contributed by atoms with Gasteiger partial charge in [-0.05, 0) is 35.9 Å². The standard InChI is InChI=1S/C16H11ClF2O4/c17-11-5-9(6-14-15(11)22-4-3-21-14)8-23-16(20)10-1-2-12(18)13(19)7-10/h1-2,5-7H,3-4,8H2. The summed E-state index contributed by atoms with van der Waals surface area (Å²) in [5, 5.41) is 0.348. The highest BCUT2D eigenvalue weighted by Crippen LogP contribution is 2.38. The van der Waals surface area contributed by atoms with Crippen molar-refractivity contribution in [1.29, 1.82) is 0 Å². The van der Waals surface area contributed by atoms with E-state index in [-0.39, 0.29) is 12.2 Å². The fourth-order valence-corrected chi connectivity index (χ4v) is 2.39. The molecule has 3 rings (SSSR count). The maximum absolute atomic E-state index is 13.1. The minimum atomic E-state index is -1.11. The predicted octanol–water partition coefficient (Wildman–Crippen LogP) is 3.75. The normalized spacial score (nSPS) is 12.8. The predicted molar refractivity (Wildman–Crippen MR) is 77.9 cm³/mol. The highest BCUT2D eigenvalue weighted by molar-refractivity contribution is 6.32. The van der Waals surface area contributed by atoms with Crippen LogP contribution in [-0.2, 0) is 11.3 Å². The SMILES string of the molecule is O=C(OCc1cc(Cl)c2c(c1)OCCO2)c1ccc(F)c(F)c1. The van der Waals surface area contributed by atoms with E-state index in [1.165, 1.54) is 0 Å². The van der Waals surface area contributed by atoms with Gasteiger partial charge in [-0.15, -0.1) is 0 Å². The molecule has 1 aliphatic heterocycles. The van der Waals surface area contributed by atoms with Crippen molar-refractivity contribution in [3.05, 3.63) is 58.1 Å². The first-order valence-electron chi connectivity index (χ1n) is 6.75. The molecule has 0 saturated heterocycles. The van der Waals surface area contributed by atoms with E-state index in [1.807, 2.05) is 0 Å². The molecule has 0 N–H and O–H groups in total. The Bertz CT molecular complexity index is 764. The van der Waals surface area contributed by atoms with Crippen molar-refractivity contribution in [3.8, 4) is 11.5 Å². The third-order valence-electron chi connectivity index (χ3n) is 3.18. The van der Waals surface area contributed by atoms with Gasteiger partial charge < -0.3 is 14.2 Å². The van der Waals surface area contributed by atoms with Crippen LogP contribution in [0.3, 0.4) is 0 Å². The van der Waals surface area contributed by atoms with E-state index >= 15 is 0 Å². The maximum Gasteiger partial charge on any atom is 0.338 e. The number of fused-ring (bicyclic) bond motifs is 1. The zero-order valence-corrected chi connectivity index (χ0v) is 12.5. The molecule has 0 spiro atoms. The van der Waals surface area contributed by atoms with Gasteiger partial charge >= 0.3 is 5.97 Å². The van der Waals surface area contributed by atoms with Crippen LogP contribution in [0.1, 0.15) is 15.9 Å². The van der Waals surface area contributed by atoms with E-state index in [2.05, 4.69) is 0 Å². The third-order valence-corrected chi connectivity index (χ3v) is 3.46. The molecule has 23 heavy (non-hydrogen) atoms. The lowest BCUT2D eigenvalue weighted by Gasteiger charge is -2.20. The molecule has 0 atom stereocenters. The quantitative estimate of drug-likeness (QED) is 0.798. The summed E-state index contributed by atoms with van der Waals surface area (Å²) in [6, 6.07) is 6.05. The Labute approximate surface area is 135 Å². The first-order chi connectivity index (χ1) is 11.0. The highest BCUT2D eigenvalue weighted by atomic mass is 35.5. The fraction of sp³-hybridized carbons (Fsp3) is 0.188. The van der Waals surface area contributed by atoms with Crippen molar-refractivity contribution in [2.45, 2.75) is 6.61 Å². The lowest BCUT2D eigenvalue weighted by atomic mass is 10.2. The Morgan fingerprint density at radius 2 is 1.91 bits per heavy atom. The zero-order valence-electron chi connectivity index (χ0n) is 11.8. The molecule has 7 heteroatoms. The van der Waals surface area contributed by atoms with E-state index < -0.39 is 17.6 Å². The Morgan fingerprint density at radius 1 is 1.13 bits per heavy atom. The van der Waals surface area contributed by atoms with Crippen LogP contribution in [-0.4, -0.2) is 19.2 Å². The second-order valence-corrected chi connectivity index (χ2v) is 5.21. The summed E-state index contributed by atoms with van der Waals surface area (Å²) in [5.74, 6) is -1.98. The van der Waals surface area contributed by atoms with Gasteiger partial charge in [0.1, 0.15) is 19.8 Å². The Balaban J connectivity index is 1.71. The Kier molecular flexibility index (Phi) is 4.34. The number of carbonyl (C=O) groups is 1. The molecule has 4 nitrogen and oxygen atoms in total. The Morgan fingerprint density at radius 3 is 2.70 bits per heavy atom. The minimum absolute atomic E-state index is 0.0764. The molecule has 120 valence electrons. The number of hydrogen-bond donors (Lipinski definition) is 0. The molecule has 0 amide bonds. The molecule has 1 heterocycles. The van der Waals surface area contributed by atoms with Crippen LogP contribution in [0.2, 0.25) is 5.02 Å². The number of benzene rings is 2. The van der Waals surface area contributed by atoms with Gasteiger partial charge in [0.2, 0.25) is 0 Å². The van der Waals surface area contributed by atoms with Crippen LogP contribution in [0.5, 0.6) is 11.5 Å². The summed E-state index contributed by atoms with van der Waals surface area (Å²) in [4.78, 5) is 11.9. The molecular weight excluding hydrogens is 330 g/mol. The topological polar surface area (TPSA) is 44.8 Å².